The third-order valence-corrected chi connectivity index (χ3v) is 3.86. The van der Waals surface area contributed by atoms with Crippen molar-refractivity contribution >= 4 is 29.0 Å². The summed E-state index contributed by atoms with van der Waals surface area (Å²) in [5.74, 6) is 7.31. The maximum absolute atomic E-state index is 11.4. The lowest BCUT2D eigenvalue weighted by atomic mass is 10.2. The highest BCUT2D eigenvalue weighted by Crippen LogP contribution is 2.22. The zero-order valence-electron chi connectivity index (χ0n) is 21.3. The third-order valence-electron chi connectivity index (χ3n) is 3.86. The smallest absolute Gasteiger partial charge is 0.459 e. The molecule has 2 rings (SSSR count). The van der Waals surface area contributed by atoms with Crippen LogP contribution in [0.3, 0.4) is 0 Å². The molecule has 0 bridgehead atoms. The van der Waals surface area contributed by atoms with Crippen molar-refractivity contribution in [3.63, 3.8) is 0 Å². The minimum absolute atomic E-state index is 0. The summed E-state index contributed by atoms with van der Waals surface area (Å²) in [6.45, 7) is 8.52. The predicted octanol–water partition coefficient (Wildman–Crippen LogP) is 2.97. The molecule has 0 aliphatic carbocycles. The Bertz CT molecular complexity index is 940. The predicted molar refractivity (Wildman–Crippen MR) is 133 cm³/mol. The third kappa shape index (κ3) is 14.1. The molecule has 2 heterocycles. The molecule has 36 heavy (non-hydrogen) atoms. The molecule has 0 fully saturated rings. The molecule has 0 saturated heterocycles. The summed E-state index contributed by atoms with van der Waals surface area (Å²) in [5, 5.41) is 7.57. The number of carbonyl (C=O) groups is 2. The van der Waals surface area contributed by atoms with Gasteiger partial charge in [0, 0.05) is 20.6 Å². The number of aliphatic hydroxyl groups excluding tert-OH is 1. The van der Waals surface area contributed by atoms with Crippen molar-refractivity contribution in [2.24, 2.45) is 11.7 Å². The van der Waals surface area contributed by atoms with E-state index in [1.807, 2.05) is 62.2 Å². The molecule has 204 valence electrons. The van der Waals surface area contributed by atoms with Gasteiger partial charge in [0.05, 0.1) is 12.3 Å². The van der Waals surface area contributed by atoms with Crippen molar-refractivity contribution in [3.05, 3.63) is 53.9 Å². The summed E-state index contributed by atoms with van der Waals surface area (Å²) in [5.41, 5.74) is 2.51. The Morgan fingerprint density at radius 1 is 1.03 bits per heavy atom. The minimum atomic E-state index is -4.85. The van der Waals surface area contributed by atoms with Crippen LogP contribution < -0.4 is 16.6 Å². The van der Waals surface area contributed by atoms with E-state index in [0.717, 1.165) is 17.1 Å². The number of hydrogen-bond acceptors (Lipinski definition) is 9. The summed E-state index contributed by atoms with van der Waals surface area (Å²) in [7, 11) is 1.89. The molecule has 0 aliphatic heterocycles. The number of nitrogens with zero attached hydrogens (tertiary/aromatic N) is 3. The number of esters is 1. The number of alkyl halides is 3. The number of aromatic nitrogens is 2. The summed E-state index contributed by atoms with van der Waals surface area (Å²) in [6.07, 6.45) is -2.82. The summed E-state index contributed by atoms with van der Waals surface area (Å²) >= 11 is 0. The van der Waals surface area contributed by atoms with Gasteiger partial charge in [-0.15, -0.1) is 0 Å². The molecule has 7 N–H and O–H groups in total. The number of halogens is 3. The highest BCUT2D eigenvalue weighted by atomic mass is 19.4. The topological polar surface area (TPSA) is 176 Å². The molecule has 0 saturated carbocycles. The molecule has 0 spiro atoms. The van der Waals surface area contributed by atoms with Gasteiger partial charge in [0.15, 0.2) is 5.78 Å². The van der Waals surface area contributed by atoms with Gasteiger partial charge >= 0.3 is 12.1 Å². The van der Waals surface area contributed by atoms with Gasteiger partial charge in [-0.1, -0.05) is 18.2 Å². The largest absolute Gasteiger partial charge is 0.490 e. The van der Waals surface area contributed by atoms with Crippen molar-refractivity contribution in [1.29, 1.82) is 0 Å². The van der Waals surface area contributed by atoms with Crippen LogP contribution in [-0.2, 0) is 9.53 Å². The van der Waals surface area contributed by atoms with Gasteiger partial charge < -0.3 is 20.2 Å². The van der Waals surface area contributed by atoms with Gasteiger partial charge in [0.1, 0.15) is 17.3 Å². The van der Waals surface area contributed by atoms with Crippen LogP contribution in [0.4, 0.5) is 24.8 Å². The number of carbonyl (C=O) groups excluding carboxylic acids is 2. The van der Waals surface area contributed by atoms with E-state index < -0.39 is 12.1 Å². The monoisotopic (exact) mass is 519 g/mol. The number of allylic oxidation sites excluding steroid dienone is 2. The number of aliphatic hydroxyl groups is 1. The molecule has 0 aliphatic rings. The molecule has 10 nitrogen and oxygen atoms in total. The standard InChI is InChI=1S/C17H19N3O.C4H5F3O2.C2H6O.H4N2.H2O/c1-5-12(2)14-8-6-10-16(18-14)20(4)17-11-7-9-15(19-17)13(3)21;1-2-9-3(8)4(5,6)7;1-2-3;1-2;/h5-11H,1-4H3;2H2,1H3;3H,2H2,1H3;1-2H2;1H2/b12-5+;;;;. The number of ether oxygens (including phenoxy) is 1. The van der Waals surface area contributed by atoms with Gasteiger partial charge in [0.25, 0.3) is 0 Å². The highest BCUT2D eigenvalue weighted by molar-refractivity contribution is 5.92. The fourth-order valence-electron chi connectivity index (χ4n) is 2.11. The van der Waals surface area contributed by atoms with Crippen LogP contribution in [0.1, 0.15) is 50.8 Å². The van der Waals surface area contributed by atoms with E-state index in [1.54, 1.807) is 13.0 Å². The Hall–Kier alpha value is -3.39. The second kappa shape index (κ2) is 19.9. The maximum atomic E-state index is 11.4. The van der Waals surface area contributed by atoms with Gasteiger partial charge in [-0.05, 0) is 57.5 Å². The van der Waals surface area contributed by atoms with E-state index in [0.29, 0.717) is 11.5 Å². The van der Waals surface area contributed by atoms with Gasteiger partial charge in [0.2, 0.25) is 0 Å². The number of rotatable bonds is 5. The molecule has 0 atom stereocenters. The summed E-state index contributed by atoms with van der Waals surface area (Å²) in [4.78, 5) is 32.0. The zero-order chi connectivity index (χ0) is 27.6. The first kappa shape index (κ1) is 37.2. The normalized spacial score (nSPS) is 10.1. The van der Waals surface area contributed by atoms with Crippen LogP contribution >= 0.6 is 0 Å². The number of ketones is 1. The number of pyridine rings is 2. The second-order valence-corrected chi connectivity index (χ2v) is 6.38. The van der Waals surface area contributed by atoms with Crippen molar-refractivity contribution in [1.82, 2.24) is 9.97 Å². The lowest BCUT2D eigenvalue weighted by Crippen LogP contribution is -2.25. The van der Waals surface area contributed by atoms with Crippen molar-refractivity contribution in [2.75, 3.05) is 25.2 Å². The fourth-order valence-corrected chi connectivity index (χ4v) is 2.11. The van der Waals surface area contributed by atoms with Gasteiger partial charge in [-0.3, -0.25) is 16.5 Å². The summed E-state index contributed by atoms with van der Waals surface area (Å²) < 4.78 is 37.1. The fraction of sp³-hybridized carbons (Fsp3) is 0.391. The van der Waals surface area contributed by atoms with Crippen LogP contribution in [0.15, 0.2) is 42.5 Å². The Morgan fingerprint density at radius 3 is 1.78 bits per heavy atom. The van der Waals surface area contributed by atoms with E-state index in [2.05, 4.69) is 26.4 Å². The van der Waals surface area contributed by atoms with Crippen LogP contribution in [0, 0.1) is 0 Å². The Balaban J connectivity index is -0.000000611. The molecule has 2 aromatic rings. The van der Waals surface area contributed by atoms with Crippen molar-refractivity contribution in [3.8, 4) is 0 Å². The Morgan fingerprint density at radius 2 is 1.44 bits per heavy atom. The van der Waals surface area contributed by atoms with Gasteiger partial charge in [-0.25, -0.2) is 14.8 Å². The molecule has 0 radical (unpaired) electrons. The molecule has 0 aromatic carbocycles. The number of nitrogens with two attached hydrogens (primary N) is 2. The van der Waals surface area contributed by atoms with Crippen molar-refractivity contribution in [2.45, 2.75) is 40.8 Å². The molecular formula is C23H36F3N5O5. The second-order valence-electron chi connectivity index (χ2n) is 6.38. The Labute approximate surface area is 209 Å². The highest BCUT2D eigenvalue weighted by Gasteiger charge is 2.40. The zero-order valence-corrected chi connectivity index (χ0v) is 21.3. The first-order valence-electron chi connectivity index (χ1n) is 10.4. The number of hydrogen-bond donors (Lipinski definition) is 3. The van der Waals surface area contributed by atoms with E-state index in [1.165, 1.54) is 13.8 Å². The molecule has 13 heteroatoms. The van der Waals surface area contributed by atoms with E-state index >= 15 is 0 Å². The Kier molecular flexibility index (Phi) is 20.5. The number of anilines is 2. The molecule has 0 amide bonds. The quantitative estimate of drug-likeness (QED) is 0.232. The lowest BCUT2D eigenvalue weighted by Gasteiger charge is -2.18. The first-order valence-corrected chi connectivity index (χ1v) is 10.4. The SMILES string of the molecule is C/C=C(\C)c1cccc(N(C)c2cccc(C(C)=O)n2)n1.CCO.CCOC(=O)C(F)(F)F.NN.O. The average Bonchev–Trinajstić information content (AvgIpc) is 2.85. The van der Waals surface area contributed by atoms with E-state index in [4.69, 9.17) is 5.11 Å². The summed E-state index contributed by atoms with van der Waals surface area (Å²) in [6, 6.07) is 11.3. The number of Topliss-reactive ketones (excluding diaryl/α,β-unsaturated/α-hetero) is 1. The van der Waals surface area contributed by atoms with Crippen LogP contribution in [0.2, 0.25) is 0 Å². The molecule has 0 unspecified atom stereocenters. The lowest BCUT2D eigenvalue weighted by molar-refractivity contribution is -0.199. The van der Waals surface area contributed by atoms with Crippen LogP contribution in [0.5, 0.6) is 0 Å². The average molecular weight is 520 g/mol. The first-order chi connectivity index (χ1) is 16.4. The van der Waals surface area contributed by atoms with Crippen LogP contribution in [0.25, 0.3) is 5.57 Å². The van der Waals surface area contributed by atoms with E-state index in [-0.39, 0.29) is 24.5 Å². The number of hydrazine groups is 1. The minimum Gasteiger partial charge on any atom is -0.459 e. The van der Waals surface area contributed by atoms with Crippen molar-refractivity contribution < 1.29 is 38.1 Å². The van der Waals surface area contributed by atoms with Crippen LogP contribution in [-0.4, -0.2) is 58.7 Å². The van der Waals surface area contributed by atoms with E-state index in [9.17, 15) is 22.8 Å². The van der Waals surface area contributed by atoms with Gasteiger partial charge in [-0.2, -0.15) is 13.2 Å². The maximum Gasteiger partial charge on any atom is 0.490 e. The molecular weight excluding hydrogens is 483 g/mol. The molecule has 2 aromatic heterocycles.